The van der Waals surface area contributed by atoms with Gasteiger partial charge in [0.05, 0.1) is 19.3 Å². The molecule has 0 bridgehead atoms. The topological polar surface area (TPSA) is 65.4 Å². The van der Waals surface area contributed by atoms with Crippen molar-refractivity contribution in [2.45, 2.75) is 25.7 Å². The summed E-state index contributed by atoms with van der Waals surface area (Å²) in [7, 11) is 0. The maximum Gasteiger partial charge on any atom is 0.240 e. The van der Waals surface area contributed by atoms with Crippen LogP contribution in [0.25, 0.3) is 0 Å². The predicted octanol–water partition coefficient (Wildman–Crippen LogP) is 0.519. The third-order valence-corrected chi connectivity index (χ3v) is 3.90. The lowest BCUT2D eigenvalue weighted by Gasteiger charge is -2.33. The van der Waals surface area contributed by atoms with Gasteiger partial charge >= 0.3 is 0 Å². The van der Waals surface area contributed by atoms with Crippen LogP contribution in [0, 0.1) is 16.7 Å². The summed E-state index contributed by atoms with van der Waals surface area (Å²) in [6.07, 6.45) is 3.37. The number of amides is 1. The molecule has 1 saturated carbocycles. The summed E-state index contributed by atoms with van der Waals surface area (Å²) >= 11 is 0. The van der Waals surface area contributed by atoms with Gasteiger partial charge in [-0.2, -0.15) is 5.26 Å². The molecule has 5 heteroatoms. The third-order valence-electron chi connectivity index (χ3n) is 3.90. The highest BCUT2D eigenvalue weighted by Gasteiger charge is 2.44. The van der Waals surface area contributed by atoms with Crippen LogP contribution in [0.1, 0.15) is 25.7 Å². The molecule has 1 amide bonds. The summed E-state index contributed by atoms with van der Waals surface area (Å²) in [5.41, 5.74) is -0.709. The van der Waals surface area contributed by atoms with Gasteiger partial charge in [-0.25, -0.2) is 0 Å². The molecule has 0 aromatic carbocycles. The van der Waals surface area contributed by atoms with E-state index in [0.29, 0.717) is 6.54 Å². The molecule has 2 fully saturated rings. The van der Waals surface area contributed by atoms with E-state index in [9.17, 15) is 4.79 Å². The Morgan fingerprint density at radius 1 is 1.39 bits per heavy atom. The molecule has 2 rings (SSSR count). The van der Waals surface area contributed by atoms with Crippen molar-refractivity contribution in [2.75, 3.05) is 39.4 Å². The van der Waals surface area contributed by atoms with Gasteiger partial charge in [0.1, 0.15) is 5.41 Å². The van der Waals surface area contributed by atoms with Crippen LogP contribution >= 0.6 is 0 Å². The van der Waals surface area contributed by atoms with Crippen molar-refractivity contribution in [3.63, 3.8) is 0 Å². The Bertz CT molecular complexity index is 328. The molecular formula is C13H21N3O2. The van der Waals surface area contributed by atoms with Gasteiger partial charge in [-0.05, 0) is 32.2 Å². The Hall–Kier alpha value is -1.12. The van der Waals surface area contributed by atoms with Gasteiger partial charge in [0.15, 0.2) is 0 Å². The summed E-state index contributed by atoms with van der Waals surface area (Å²) in [6.45, 7) is 5.24. The van der Waals surface area contributed by atoms with Gasteiger partial charge in [-0.1, -0.05) is 0 Å². The molecule has 0 unspecified atom stereocenters. The number of carbonyl (C=O) groups is 1. The number of carbonyl (C=O) groups excluding carboxylic acids is 1. The van der Waals surface area contributed by atoms with E-state index < -0.39 is 5.41 Å². The van der Waals surface area contributed by atoms with Crippen molar-refractivity contribution in [1.82, 2.24) is 10.2 Å². The van der Waals surface area contributed by atoms with Crippen molar-refractivity contribution >= 4 is 5.91 Å². The minimum atomic E-state index is -0.709. The van der Waals surface area contributed by atoms with E-state index in [4.69, 9.17) is 10.00 Å². The Morgan fingerprint density at radius 2 is 2.11 bits per heavy atom. The lowest BCUT2D eigenvalue weighted by molar-refractivity contribution is -0.131. The van der Waals surface area contributed by atoms with Crippen molar-refractivity contribution in [1.29, 1.82) is 5.26 Å². The number of hydrogen-bond acceptors (Lipinski definition) is 4. The van der Waals surface area contributed by atoms with E-state index in [1.54, 1.807) is 0 Å². The van der Waals surface area contributed by atoms with Crippen molar-refractivity contribution in [2.24, 2.45) is 5.41 Å². The van der Waals surface area contributed by atoms with E-state index in [1.165, 1.54) is 0 Å². The average molecular weight is 251 g/mol. The highest BCUT2D eigenvalue weighted by Crippen LogP contribution is 2.40. The van der Waals surface area contributed by atoms with Crippen LogP contribution in [0.5, 0.6) is 0 Å². The summed E-state index contributed by atoms with van der Waals surface area (Å²) in [5.74, 6) is -0.0711. The zero-order valence-corrected chi connectivity index (χ0v) is 10.8. The monoisotopic (exact) mass is 251 g/mol. The summed E-state index contributed by atoms with van der Waals surface area (Å²) < 4.78 is 5.28. The molecule has 1 saturated heterocycles. The molecule has 0 spiro atoms. The number of rotatable bonds is 5. The summed E-state index contributed by atoms with van der Waals surface area (Å²) in [6, 6.07) is 2.17. The van der Waals surface area contributed by atoms with Crippen molar-refractivity contribution < 1.29 is 9.53 Å². The van der Waals surface area contributed by atoms with E-state index in [0.717, 1.165) is 58.5 Å². The largest absolute Gasteiger partial charge is 0.379 e. The molecule has 2 aliphatic rings. The Labute approximate surface area is 108 Å². The molecule has 0 atom stereocenters. The molecule has 0 radical (unpaired) electrons. The molecular weight excluding hydrogens is 230 g/mol. The van der Waals surface area contributed by atoms with Crippen LogP contribution < -0.4 is 5.32 Å². The number of hydrogen-bond donors (Lipinski definition) is 1. The first kappa shape index (κ1) is 13.3. The van der Waals surface area contributed by atoms with Gasteiger partial charge in [-0.3, -0.25) is 9.69 Å². The first-order valence-corrected chi connectivity index (χ1v) is 6.76. The molecule has 0 aromatic heterocycles. The smallest absolute Gasteiger partial charge is 0.240 e. The molecule has 18 heavy (non-hydrogen) atoms. The van der Waals surface area contributed by atoms with Crippen LogP contribution in [-0.2, 0) is 9.53 Å². The van der Waals surface area contributed by atoms with Gasteiger partial charge in [-0.15, -0.1) is 0 Å². The fourth-order valence-electron chi connectivity index (χ4n) is 2.42. The fraction of sp³-hybridized carbons (Fsp3) is 0.846. The molecule has 1 N–H and O–H groups in total. The van der Waals surface area contributed by atoms with E-state index in [-0.39, 0.29) is 5.91 Å². The number of nitrogens with zero attached hydrogens (tertiary/aromatic N) is 2. The predicted molar refractivity (Wildman–Crippen MR) is 66.8 cm³/mol. The molecule has 100 valence electrons. The van der Waals surface area contributed by atoms with Crippen LogP contribution in [0.3, 0.4) is 0 Å². The van der Waals surface area contributed by atoms with Crippen LogP contribution in [-0.4, -0.2) is 50.2 Å². The average Bonchev–Trinajstić information content (AvgIpc) is 2.35. The van der Waals surface area contributed by atoms with Crippen molar-refractivity contribution in [3.8, 4) is 6.07 Å². The van der Waals surface area contributed by atoms with Crippen molar-refractivity contribution in [3.05, 3.63) is 0 Å². The highest BCUT2D eigenvalue weighted by atomic mass is 16.5. The second-order valence-electron chi connectivity index (χ2n) is 5.11. The molecule has 1 aliphatic carbocycles. The molecule has 5 nitrogen and oxygen atoms in total. The molecule has 1 aliphatic heterocycles. The second kappa shape index (κ2) is 6.17. The number of morpholine rings is 1. The van der Waals surface area contributed by atoms with E-state index >= 15 is 0 Å². The number of nitrogens with one attached hydrogen (secondary N) is 1. The Balaban J connectivity index is 1.60. The van der Waals surface area contributed by atoms with E-state index in [2.05, 4.69) is 16.3 Å². The first-order valence-electron chi connectivity index (χ1n) is 6.76. The Morgan fingerprint density at radius 3 is 2.67 bits per heavy atom. The maximum atomic E-state index is 11.9. The zero-order valence-electron chi connectivity index (χ0n) is 10.8. The van der Waals surface area contributed by atoms with Crippen LogP contribution in [0.15, 0.2) is 0 Å². The van der Waals surface area contributed by atoms with Crippen LogP contribution in [0.2, 0.25) is 0 Å². The van der Waals surface area contributed by atoms with Gasteiger partial charge in [0, 0.05) is 19.6 Å². The maximum absolute atomic E-state index is 11.9. The minimum absolute atomic E-state index is 0.0711. The summed E-state index contributed by atoms with van der Waals surface area (Å²) in [5, 5.41) is 11.9. The van der Waals surface area contributed by atoms with Gasteiger partial charge < -0.3 is 10.1 Å². The Kier molecular flexibility index (Phi) is 4.56. The lowest BCUT2D eigenvalue weighted by atomic mass is 9.69. The van der Waals surface area contributed by atoms with Gasteiger partial charge in [0.25, 0.3) is 0 Å². The quantitative estimate of drug-likeness (QED) is 0.723. The second-order valence-corrected chi connectivity index (χ2v) is 5.11. The van der Waals surface area contributed by atoms with Gasteiger partial charge in [0.2, 0.25) is 5.91 Å². The lowest BCUT2D eigenvalue weighted by Crippen LogP contribution is -2.45. The number of ether oxygens (including phenoxy) is 1. The van der Waals surface area contributed by atoms with E-state index in [1.807, 2.05) is 0 Å². The third kappa shape index (κ3) is 3.01. The SMILES string of the molecule is N#CC1(C(=O)NCCCN2CCOCC2)CCC1. The molecule has 0 aromatic rings. The normalized spacial score (nSPS) is 22.8. The van der Waals surface area contributed by atoms with Crippen LogP contribution in [0.4, 0.5) is 0 Å². The summed E-state index contributed by atoms with van der Waals surface area (Å²) in [4.78, 5) is 14.2. The minimum Gasteiger partial charge on any atom is -0.379 e. The first-order chi connectivity index (χ1) is 8.77. The standard InChI is InChI=1S/C13H21N3O2/c14-11-13(3-1-4-13)12(17)15-5-2-6-16-7-9-18-10-8-16/h1-10H2,(H,15,17). The fourth-order valence-corrected chi connectivity index (χ4v) is 2.42. The highest BCUT2D eigenvalue weighted by molar-refractivity contribution is 5.86. The zero-order chi connectivity index (χ0) is 12.8. The molecule has 1 heterocycles. The number of nitriles is 1.